The number of alkyl halides is 2. The molecular weight excluding hydrogens is 350 g/mol. The number of anilines is 1. The first-order valence-corrected chi connectivity index (χ1v) is 8.56. The zero-order valence-electron chi connectivity index (χ0n) is 13.2. The van der Waals surface area contributed by atoms with Gasteiger partial charge in [-0.3, -0.25) is 9.59 Å². The van der Waals surface area contributed by atoms with E-state index < -0.39 is 11.7 Å². The van der Waals surface area contributed by atoms with Gasteiger partial charge in [-0.15, -0.1) is 0 Å². The molecule has 0 radical (unpaired) electrons. The van der Waals surface area contributed by atoms with Crippen molar-refractivity contribution in [2.75, 3.05) is 11.9 Å². The molecule has 1 aliphatic heterocycles. The number of nitrogens with zero attached hydrogens (tertiary/aromatic N) is 1. The van der Waals surface area contributed by atoms with Gasteiger partial charge in [0.05, 0.1) is 24.4 Å². The molecule has 0 unspecified atom stereocenters. The molecule has 2 heterocycles. The Balaban J connectivity index is 1.63. The number of hydrogen-bond donors (Lipinski definition) is 1. The predicted octanol–water partition coefficient (Wildman–Crippen LogP) is 3.58. The van der Waals surface area contributed by atoms with Gasteiger partial charge in [-0.05, 0) is 24.3 Å². The molecule has 25 heavy (non-hydrogen) atoms. The van der Waals surface area contributed by atoms with Crippen molar-refractivity contribution in [1.82, 2.24) is 4.90 Å². The first kappa shape index (κ1) is 17.5. The van der Waals surface area contributed by atoms with E-state index in [4.69, 9.17) is 4.42 Å². The maximum Gasteiger partial charge on any atom is 0.288 e. The number of thioether (sulfide) groups is 1. The first-order valence-electron chi connectivity index (χ1n) is 7.68. The highest BCUT2D eigenvalue weighted by Gasteiger charge is 2.34. The quantitative estimate of drug-likeness (QED) is 0.794. The van der Waals surface area contributed by atoms with E-state index in [2.05, 4.69) is 5.32 Å². The lowest BCUT2D eigenvalue weighted by Crippen LogP contribution is -2.28. The average molecular weight is 366 g/mol. The van der Waals surface area contributed by atoms with E-state index in [1.807, 2.05) is 0 Å². The Morgan fingerprint density at radius 1 is 1.32 bits per heavy atom. The fourth-order valence-electron chi connectivity index (χ4n) is 2.69. The van der Waals surface area contributed by atoms with Crippen molar-refractivity contribution in [3.63, 3.8) is 0 Å². The van der Waals surface area contributed by atoms with Gasteiger partial charge in [0.15, 0.2) is 0 Å². The molecule has 0 aliphatic carbocycles. The number of carbonyl (C=O) groups excluding carboxylic acids is 2. The Labute approximate surface area is 147 Å². The van der Waals surface area contributed by atoms with Crippen LogP contribution in [0.3, 0.4) is 0 Å². The van der Waals surface area contributed by atoms with Crippen LogP contribution in [0.5, 0.6) is 0 Å². The predicted molar refractivity (Wildman–Crippen MR) is 89.2 cm³/mol. The summed E-state index contributed by atoms with van der Waals surface area (Å²) < 4.78 is 30.4. The third-order valence-corrected chi connectivity index (χ3v) is 4.66. The molecule has 1 aromatic carbocycles. The fraction of sp³-hybridized carbons (Fsp3) is 0.294. The van der Waals surface area contributed by atoms with Crippen molar-refractivity contribution in [3.8, 4) is 0 Å². The lowest BCUT2D eigenvalue weighted by molar-refractivity contribution is -0.128. The first-order chi connectivity index (χ1) is 12.0. The van der Waals surface area contributed by atoms with Crippen molar-refractivity contribution in [3.05, 3.63) is 48.4 Å². The minimum atomic E-state index is -2.57. The number of nitrogens with one attached hydrogen (secondary N) is 1. The van der Waals surface area contributed by atoms with Crippen molar-refractivity contribution < 1.29 is 22.8 Å². The molecule has 2 amide bonds. The van der Waals surface area contributed by atoms with Crippen LogP contribution >= 0.6 is 11.8 Å². The second-order valence-corrected chi connectivity index (χ2v) is 6.65. The highest BCUT2D eigenvalue weighted by molar-refractivity contribution is 7.99. The SMILES string of the molecule is O=C(Nc1ccccc1SC(F)F)[C@@H]1CC(=O)N(Cc2ccco2)C1. The molecule has 2 aromatic rings. The molecule has 1 saturated heterocycles. The van der Waals surface area contributed by atoms with Crippen LogP contribution in [-0.4, -0.2) is 29.0 Å². The summed E-state index contributed by atoms with van der Waals surface area (Å²) >= 11 is 0.376. The number of likely N-dealkylation sites (tertiary alicyclic amines) is 1. The Morgan fingerprint density at radius 3 is 2.84 bits per heavy atom. The van der Waals surface area contributed by atoms with Gasteiger partial charge in [0.1, 0.15) is 5.76 Å². The summed E-state index contributed by atoms with van der Waals surface area (Å²) in [6.07, 6.45) is 1.62. The third kappa shape index (κ3) is 4.39. The van der Waals surface area contributed by atoms with E-state index in [9.17, 15) is 18.4 Å². The smallest absolute Gasteiger partial charge is 0.288 e. The van der Waals surface area contributed by atoms with Gasteiger partial charge in [0.2, 0.25) is 11.8 Å². The third-order valence-electron chi connectivity index (χ3n) is 3.87. The maximum atomic E-state index is 12.6. The van der Waals surface area contributed by atoms with Crippen LogP contribution in [0.15, 0.2) is 52.0 Å². The largest absolute Gasteiger partial charge is 0.467 e. The number of benzene rings is 1. The molecule has 132 valence electrons. The second kappa shape index (κ2) is 7.69. The number of furan rings is 1. The van der Waals surface area contributed by atoms with Gasteiger partial charge in [-0.2, -0.15) is 8.78 Å². The molecule has 0 saturated carbocycles. The van der Waals surface area contributed by atoms with Crippen LogP contribution in [0, 0.1) is 5.92 Å². The number of carbonyl (C=O) groups is 2. The highest BCUT2D eigenvalue weighted by Crippen LogP contribution is 2.32. The van der Waals surface area contributed by atoms with Gasteiger partial charge in [-0.25, -0.2) is 0 Å². The number of para-hydroxylation sites is 1. The zero-order valence-corrected chi connectivity index (χ0v) is 14.0. The number of rotatable bonds is 6. The van der Waals surface area contributed by atoms with E-state index in [0.29, 0.717) is 34.6 Å². The molecule has 1 fully saturated rings. The van der Waals surface area contributed by atoms with Gasteiger partial charge in [0, 0.05) is 17.9 Å². The van der Waals surface area contributed by atoms with Gasteiger partial charge >= 0.3 is 0 Å². The standard InChI is InChI=1S/C17H16F2N2O3S/c18-17(19)25-14-6-2-1-5-13(14)20-16(23)11-8-15(22)21(9-11)10-12-4-3-7-24-12/h1-7,11,17H,8-10H2,(H,20,23)/t11-/m1/s1. The van der Waals surface area contributed by atoms with Crippen LogP contribution in [0.1, 0.15) is 12.2 Å². The van der Waals surface area contributed by atoms with Gasteiger partial charge < -0.3 is 14.6 Å². The lowest BCUT2D eigenvalue weighted by Gasteiger charge is -2.16. The van der Waals surface area contributed by atoms with E-state index in [0.717, 1.165) is 0 Å². The molecule has 0 bridgehead atoms. The molecule has 1 N–H and O–H groups in total. The van der Waals surface area contributed by atoms with E-state index in [1.54, 1.807) is 35.2 Å². The summed E-state index contributed by atoms with van der Waals surface area (Å²) in [5, 5.41) is 2.66. The molecule has 1 atom stereocenters. The topological polar surface area (TPSA) is 62.6 Å². The molecule has 8 heteroatoms. The second-order valence-electron chi connectivity index (χ2n) is 5.62. The van der Waals surface area contributed by atoms with Crippen LogP contribution in [-0.2, 0) is 16.1 Å². The summed E-state index contributed by atoms with van der Waals surface area (Å²) in [7, 11) is 0. The molecule has 1 aliphatic rings. The Bertz CT molecular complexity index is 752. The minimum Gasteiger partial charge on any atom is -0.467 e. The van der Waals surface area contributed by atoms with Crippen LogP contribution in [0.25, 0.3) is 0 Å². The summed E-state index contributed by atoms with van der Waals surface area (Å²) in [5.74, 6) is -2.93. The lowest BCUT2D eigenvalue weighted by atomic mass is 10.1. The van der Waals surface area contributed by atoms with E-state index in [-0.39, 0.29) is 24.8 Å². The molecular formula is C17H16F2N2O3S. The van der Waals surface area contributed by atoms with Crippen LogP contribution < -0.4 is 5.32 Å². The zero-order chi connectivity index (χ0) is 17.8. The Morgan fingerprint density at radius 2 is 2.12 bits per heavy atom. The minimum absolute atomic E-state index is 0.0939. The fourth-order valence-corrected chi connectivity index (χ4v) is 3.29. The van der Waals surface area contributed by atoms with Crippen molar-refractivity contribution >= 4 is 29.3 Å². The van der Waals surface area contributed by atoms with Crippen LogP contribution in [0.4, 0.5) is 14.5 Å². The summed E-state index contributed by atoms with van der Waals surface area (Å²) in [5.41, 5.74) is 0.328. The number of amides is 2. The van der Waals surface area contributed by atoms with Gasteiger partial charge in [0.25, 0.3) is 5.76 Å². The molecule has 0 spiro atoms. The van der Waals surface area contributed by atoms with Crippen molar-refractivity contribution in [2.24, 2.45) is 5.92 Å². The molecule has 5 nitrogen and oxygen atoms in total. The molecule has 3 rings (SSSR count). The monoisotopic (exact) mass is 366 g/mol. The van der Waals surface area contributed by atoms with Gasteiger partial charge in [-0.1, -0.05) is 23.9 Å². The average Bonchev–Trinajstić information content (AvgIpc) is 3.20. The van der Waals surface area contributed by atoms with Crippen molar-refractivity contribution in [1.29, 1.82) is 0 Å². The molecule has 1 aromatic heterocycles. The summed E-state index contributed by atoms with van der Waals surface area (Å²) in [4.78, 5) is 26.4. The van der Waals surface area contributed by atoms with E-state index in [1.165, 1.54) is 12.3 Å². The van der Waals surface area contributed by atoms with Crippen LogP contribution in [0.2, 0.25) is 0 Å². The Kier molecular flexibility index (Phi) is 5.37. The summed E-state index contributed by atoms with van der Waals surface area (Å²) in [6.45, 7) is 0.586. The highest BCUT2D eigenvalue weighted by atomic mass is 32.2. The van der Waals surface area contributed by atoms with Crippen molar-refractivity contribution in [2.45, 2.75) is 23.6 Å². The number of hydrogen-bond acceptors (Lipinski definition) is 4. The normalized spacial score (nSPS) is 17.3. The summed E-state index contributed by atoms with van der Waals surface area (Å²) in [6, 6.07) is 9.88. The van der Waals surface area contributed by atoms with E-state index >= 15 is 0 Å². The maximum absolute atomic E-state index is 12.6. The Hall–Kier alpha value is -2.35. The number of halogens is 2.